The Morgan fingerprint density at radius 2 is 1.88 bits per heavy atom. The molecule has 4 heterocycles. The zero-order valence-electron chi connectivity index (χ0n) is 18.0. The van der Waals surface area contributed by atoms with E-state index in [0.29, 0.717) is 39.8 Å². The van der Waals surface area contributed by atoms with Crippen molar-refractivity contribution in [3.63, 3.8) is 0 Å². The number of ether oxygens (including phenoxy) is 1. The van der Waals surface area contributed by atoms with Crippen molar-refractivity contribution >= 4 is 27.5 Å². The van der Waals surface area contributed by atoms with Crippen LogP contribution in [0.5, 0.6) is 6.01 Å². The van der Waals surface area contributed by atoms with Crippen molar-refractivity contribution in [2.45, 2.75) is 24.9 Å². The van der Waals surface area contributed by atoms with E-state index in [9.17, 15) is 5.26 Å². The summed E-state index contributed by atoms with van der Waals surface area (Å²) < 4.78 is 21.4. The molecule has 2 unspecified atom stereocenters. The van der Waals surface area contributed by atoms with Crippen molar-refractivity contribution in [1.29, 1.82) is 5.26 Å². The van der Waals surface area contributed by atoms with Crippen molar-refractivity contribution in [2.24, 2.45) is 0 Å². The molecule has 2 aromatic carbocycles. The molecular weight excluding hydrogens is 419 g/mol. The van der Waals surface area contributed by atoms with E-state index in [2.05, 4.69) is 31.2 Å². The van der Waals surface area contributed by atoms with E-state index in [4.69, 9.17) is 4.74 Å². The van der Waals surface area contributed by atoms with Crippen LogP contribution < -0.4 is 15.0 Å². The molecule has 0 saturated carbocycles. The maximum Gasteiger partial charge on any atom is 0.318 e. The number of hydrogen-bond donors (Lipinski definition) is 1. The van der Waals surface area contributed by atoms with Crippen LogP contribution in [0.15, 0.2) is 42.6 Å². The molecule has 2 fully saturated rings. The van der Waals surface area contributed by atoms with E-state index < -0.39 is 5.82 Å². The SMILES string of the molecule is COc1nc(N2CC3CCC(C2)N3)c2cnc(-c3cccc4cccc(C#N)c34)c(F)c2n1. The second-order valence-corrected chi connectivity index (χ2v) is 8.58. The van der Waals surface area contributed by atoms with Crippen LogP contribution in [0.4, 0.5) is 10.2 Å². The Bertz CT molecular complexity index is 1430. The van der Waals surface area contributed by atoms with E-state index in [1.54, 1.807) is 18.3 Å². The quantitative estimate of drug-likeness (QED) is 0.518. The average Bonchev–Trinajstić information content (AvgIpc) is 3.20. The Hall–Kier alpha value is -3.83. The van der Waals surface area contributed by atoms with E-state index >= 15 is 4.39 Å². The third kappa shape index (κ3) is 3.16. The normalized spacial score (nSPS) is 19.7. The van der Waals surface area contributed by atoms with Crippen LogP contribution in [0.25, 0.3) is 32.9 Å². The highest BCUT2D eigenvalue weighted by atomic mass is 19.1. The fraction of sp³-hybridized carbons (Fsp3) is 0.280. The van der Waals surface area contributed by atoms with Crippen LogP contribution in [0.3, 0.4) is 0 Å². The molecule has 7 nitrogen and oxygen atoms in total. The van der Waals surface area contributed by atoms with E-state index in [1.807, 2.05) is 24.3 Å². The van der Waals surface area contributed by atoms with Crippen molar-refractivity contribution in [3.05, 3.63) is 54.0 Å². The molecule has 0 spiro atoms. The number of methoxy groups -OCH3 is 1. The van der Waals surface area contributed by atoms with Gasteiger partial charge in [0.25, 0.3) is 0 Å². The van der Waals surface area contributed by atoms with Gasteiger partial charge in [-0.25, -0.2) is 4.39 Å². The molecule has 2 saturated heterocycles. The minimum absolute atomic E-state index is 0.120. The smallest absolute Gasteiger partial charge is 0.318 e. The number of aromatic nitrogens is 3. The summed E-state index contributed by atoms with van der Waals surface area (Å²) in [4.78, 5) is 15.6. The number of piperazine rings is 1. The Morgan fingerprint density at radius 3 is 2.61 bits per heavy atom. The van der Waals surface area contributed by atoms with Gasteiger partial charge in [-0.1, -0.05) is 30.3 Å². The number of nitrogens with one attached hydrogen (secondary N) is 1. The summed E-state index contributed by atoms with van der Waals surface area (Å²) in [5.74, 6) is 0.0941. The van der Waals surface area contributed by atoms with Crippen molar-refractivity contribution in [1.82, 2.24) is 20.3 Å². The molecular formula is C25H21FN6O. The molecule has 4 aromatic rings. The largest absolute Gasteiger partial charge is 0.467 e. The molecule has 8 heteroatoms. The standard InChI is InChI=1S/C25H21FN6O/c1-33-25-30-23-19(24(31-25)32-12-16-8-9-17(13-32)29-16)11-28-22(21(23)26)18-7-3-5-14-4-2-6-15(10-27)20(14)18/h2-7,11,16-17,29H,8-9,12-13H2,1H3. The molecule has 2 bridgehead atoms. The molecule has 2 aliphatic heterocycles. The lowest BCUT2D eigenvalue weighted by Gasteiger charge is -2.34. The second kappa shape index (κ2) is 7.64. The fourth-order valence-corrected chi connectivity index (χ4v) is 5.14. The Kier molecular flexibility index (Phi) is 4.59. The lowest BCUT2D eigenvalue weighted by Crippen LogP contribution is -2.51. The third-order valence-corrected chi connectivity index (χ3v) is 6.62. The molecule has 1 N–H and O–H groups in total. The lowest BCUT2D eigenvalue weighted by atomic mass is 9.97. The monoisotopic (exact) mass is 440 g/mol. The summed E-state index contributed by atoms with van der Waals surface area (Å²) in [6, 6.07) is 14.1. The highest BCUT2D eigenvalue weighted by molar-refractivity contribution is 6.01. The van der Waals surface area contributed by atoms with E-state index in [0.717, 1.165) is 31.3 Å². The van der Waals surface area contributed by atoms with Crippen LogP contribution in [0.1, 0.15) is 18.4 Å². The predicted molar refractivity (Wildman–Crippen MR) is 124 cm³/mol. The molecule has 33 heavy (non-hydrogen) atoms. The number of anilines is 1. The van der Waals surface area contributed by atoms with Crippen molar-refractivity contribution < 1.29 is 9.13 Å². The minimum atomic E-state index is -0.548. The van der Waals surface area contributed by atoms with Gasteiger partial charge in [-0.15, -0.1) is 0 Å². The number of halogens is 1. The summed E-state index contributed by atoms with van der Waals surface area (Å²) in [6.07, 6.45) is 3.89. The molecule has 2 aliphatic rings. The van der Waals surface area contributed by atoms with Gasteiger partial charge in [-0.2, -0.15) is 15.2 Å². The van der Waals surface area contributed by atoms with Gasteiger partial charge < -0.3 is 15.0 Å². The number of fused-ring (bicyclic) bond motifs is 4. The Balaban J connectivity index is 1.57. The molecule has 2 aromatic heterocycles. The fourth-order valence-electron chi connectivity index (χ4n) is 5.14. The van der Waals surface area contributed by atoms with Gasteiger partial charge in [-0.3, -0.25) is 4.98 Å². The number of benzene rings is 2. The van der Waals surface area contributed by atoms with Crippen LogP contribution in [0, 0.1) is 17.1 Å². The summed E-state index contributed by atoms with van der Waals surface area (Å²) in [5, 5.41) is 15.3. The molecule has 6 rings (SSSR count). The van der Waals surface area contributed by atoms with Gasteiger partial charge in [0.2, 0.25) is 0 Å². The van der Waals surface area contributed by atoms with Gasteiger partial charge in [0.05, 0.1) is 24.1 Å². The van der Waals surface area contributed by atoms with Gasteiger partial charge in [-0.05, 0) is 24.3 Å². The van der Waals surface area contributed by atoms with Gasteiger partial charge in [0, 0.05) is 42.3 Å². The maximum atomic E-state index is 16.0. The summed E-state index contributed by atoms with van der Waals surface area (Å²) >= 11 is 0. The summed E-state index contributed by atoms with van der Waals surface area (Å²) in [5.41, 5.74) is 1.35. The molecule has 2 atom stereocenters. The van der Waals surface area contributed by atoms with Crippen molar-refractivity contribution in [2.75, 3.05) is 25.1 Å². The zero-order chi connectivity index (χ0) is 22.5. The number of pyridine rings is 1. The number of nitrogens with zero attached hydrogens (tertiary/aromatic N) is 5. The maximum absolute atomic E-state index is 16.0. The zero-order valence-corrected chi connectivity index (χ0v) is 18.0. The highest BCUT2D eigenvalue weighted by Crippen LogP contribution is 2.36. The lowest BCUT2D eigenvalue weighted by molar-refractivity contribution is 0.380. The van der Waals surface area contributed by atoms with Crippen molar-refractivity contribution in [3.8, 4) is 23.3 Å². The average molecular weight is 440 g/mol. The van der Waals surface area contributed by atoms with E-state index in [1.165, 1.54) is 7.11 Å². The Labute approximate surface area is 189 Å². The molecule has 0 amide bonds. The molecule has 164 valence electrons. The first-order valence-electron chi connectivity index (χ1n) is 11.0. The number of hydrogen-bond acceptors (Lipinski definition) is 7. The highest BCUT2D eigenvalue weighted by Gasteiger charge is 2.34. The second-order valence-electron chi connectivity index (χ2n) is 8.58. The summed E-state index contributed by atoms with van der Waals surface area (Å²) in [7, 11) is 1.48. The molecule has 0 aliphatic carbocycles. The Morgan fingerprint density at radius 1 is 1.12 bits per heavy atom. The van der Waals surface area contributed by atoms with Crippen LogP contribution >= 0.6 is 0 Å². The van der Waals surface area contributed by atoms with E-state index in [-0.39, 0.29) is 17.2 Å². The van der Waals surface area contributed by atoms with Gasteiger partial charge in [0.1, 0.15) is 17.0 Å². The first kappa shape index (κ1) is 19.8. The summed E-state index contributed by atoms with van der Waals surface area (Å²) in [6.45, 7) is 1.59. The minimum Gasteiger partial charge on any atom is -0.467 e. The van der Waals surface area contributed by atoms with Crippen LogP contribution in [0.2, 0.25) is 0 Å². The third-order valence-electron chi connectivity index (χ3n) is 6.62. The molecule has 0 radical (unpaired) electrons. The van der Waals surface area contributed by atoms with Gasteiger partial charge >= 0.3 is 6.01 Å². The first-order chi connectivity index (χ1) is 16.2. The number of nitriles is 1. The predicted octanol–water partition coefficient (Wildman–Crippen LogP) is 3.80. The van der Waals surface area contributed by atoms with Gasteiger partial charge in [0.15, 0.2) is 5.82 Å². The number of rotatable bonds is 3. The first-order valence-corrected chi connectivity index (χ1v) is 11.0. The van der Waals surface area contributed by atoms with Crippen LogP contribution in [-0.2, 0) is 0 Å². The topological polar surface area (TPSA) is 87.0 Å². The van der Waals surface area contributed by atoms with Crippen LogP contribution in [-0.4, -0.2) is 47.2 Å².